The number of H-pyrrole nitrogens is 1. The van der Waals surface area contributed by atoms with Crippen LogP contribution in [0.5, 0.6) is 0 Å². The van der Waals surface area contributed by atoms with E-state index < -0.39 is 0 Å². The number of hydrogen-bond donors (Lipinski definition) is 1. The van der Waals surface area contributed by atoms with Crippen molar-refractivity contribution in [1.29, 1.82) is 0 Å². The van der Waals surface area contributed by atoms with Crippen LogP contribution in [0.1, 0.15) is 57.0 Å². The van der Waals surface area contributed by atoms with Crippen LogP contribution in [0.3, 0.4) is 0 Å². The predicted octanol–water partition coefficient (Wildman–Crippen LogP) is 3.97. The third-order valence-corrected chi connectivity index (χ3v) is 4.61. The van der Waals surface area contributed by atoms with Crippen LogP contribution in [0, 0.1) is 0 Å². The van der Waals surface area contributed by atoms with E-state index in [-0.39, 0.29) is 0 Å². The third-order valence-electron chi connectivity index (χ3n) is 4.61. The van der Waals surface area contributed by atoms with Crippen molar-refractivity contribution < 1.29 is 0 Å². The second-order valence-corrected chi connectivity index (χ2v) is 6.25. The number of benzene rings is 1. The number of aromatic nitrogens is 3. The van der Waals surface area contributed by atoms with Gasteiger partial charge in [-0.2, -0.15) is 5.10 Å². The number of rotatable bonds is 5. The highest BCUT2D eigenvalue weighted by Gasteiger charge is 2.18. The van der Waals surface area contributed by atoms with E-state index in [2.05, 4.69) is 58.2 Å². The highest BCUT2D eigenvalue weighted by atomic mass is 15.2. The summed E-state index contributed by atoms with van der Waals surface area (Å²) in [6.07, 6.45) is 6.09. The predicted molar refractivity (Wildman–Crippen MR) is 89.7 cm³/mol. The molecule has 3 rings (SSSR count). The molecule has 0 spiro atoms. The van der Waals surface area contributed by atoms with Crippen molar-refractivity contribution in [1.82, 2.24) is 20.1 Å². The second kappa shape index (κ2) is 7.05. The van der Waals surface area contributed by atoms with E-state index in [0.29, 0.717) is 6.04 Å². The van der Waals surface area contributed by atoms with E-state index in [4.69, 9.17) is 0 Å². The Morgan fingerprint density at radius 2 is 1.86 bits per heavy atom. The Labute approximate surface area is 133 Å². The lowest BCUT2D eigenvalue weighted by molar-refractivity contribution is 0.175. The molecule has 0 unspecified atom stereocenters. The first-order valence-corrected chi connectivity index (χ1v) is 8.53. The summed E-state index contributed by atoms with van der Waals surface area (Å²) in [7, 11) is 0. The summed E-state index contributed by atoms with van der Waals surface area (Å²) >= 11 is 0. The molecule has 1 N–H and O–H groups in total. The van der Waals surface area contributed by atoms with Crippen molar-refractivity contribution in [2.24, 2.45) is 0 Å². The summed E-state index contributed by atoms with van der Waals surface area (Å²) in [6.45, 7) is 6.92. The zero-order valence-electron chi connectivity index (χ0n) is 13.7. The lowest BCUT2D eigenvalue weighted by Gasteiger charge is -2.32. The summed E-state index contributed by atoms with van der Waals surface area (Å²) in [4.78, 5) is 7.15. The molecule has 0 saturated carbocycles. The maximum atomic E-state index is 4.56. The monoisotopic (exact) mass is 298 g/mol. The van der Waals surface area contributed by atoms with Crippen LogP contribution in [0.25, 0.3) is 11.4 Å². The van der Waals surface area contributed by atoms with E-state index in [1.807, 2.05) is 0 Å². The third kappa shape index (κ3) is 3.38. The Morgan fingerprint density at radius 3 is 2.55 bits per heavy atom. The van der Waals surface area contributed by atoms with Crippen LogP contribution in [0.2, 0.25) is 0 Å². The van der Waals surface area contributed by atoms with Gasteiger partial charge in [0.15, 0.2) is 5.82 Å². The molecule has 1 atom stereocenters. The Balaban J connectivity index is 1.71. The average Bonchev–Trinajstić information content (AvgIpc) is 3.04. The Morgan fingerprint density at radius 1 is 1.14 bits per heavy atom. The van der Waals surface area contributed by atoms with Gasteiger partial charge in [0, 0.05) is 18.0 Å². The van der Waals surface area contributed by atoms with Gasteiger partial charge in [-0.25, -0.2) is 4.98 Å². The topological polar surface area (TPSA) is 44.8 Å². The zero-order chi connectivity index (χ0) is 15.4. The Bertz CT molecular complexity index is 581. The van der Waals surface area contributed by atoms with Crippen molar-refractivity contribution >= 4 is 0 Å². The molecule has 1 aromatic heterocycles. The van der Waals surface area contributed by atoms with Crippen LogP contribution in [0.4, 0.5) is 0 Å². The molecule has 22 heavy (non-hydrogen) atoms. The maximum absolute atomic E-state index is 4.56. The lowest BCUT2D eigenvalue weighted by Crippen LogP contribution is -2.32. The van der Waals surface area contributed by atoms with Crippen molar-refractivity contribution in [3.05, 3.63) is 35.7 Å². The minimum Gasteiger partial charge on any atom is -0.297 e. The van der Waals surface area contributed by atoms with Gasteiger partial charge in [-0.05, 0) is 44.8 Å². The molecule has 1 aromatic carbocycles. The number of aryl methyl sites for hydroxylation is 1. The largest absolute Gasteiger partial charge is 0.297 e. The lowest BCUT2D eigenvalue weighted by atomic mass is 10.0. The summed E-state index contributed by atoms with van der Waals surface area (Å²) in [5.41, 5.74) is 2.48. The molecule has 0 aliphatic carbocycles. The van der Waals surface area contributed by atoms with E-state index in [1.54, 1.807) is 0 Å². The number of nitrogens with one attached hydrogen (secondary N) is 1. The molecule has 1 aliphatic rings. The van der Waals surface area contributed by atoms with Crippen LogP contribution < -0.4 is 0 Å². The fourth-order valence-electron chi connectivity index (χ4n) is 3.20. The van der Waals surface area contributed by atoms with E-state index >= 15 is 0 Å². The van der Waals surface area contributed by atoms with Gasteiger partial charge in [-0.1, -0.05) is 37.6 Å². The molecule has 0 amide bonds. The molecule has 2 aromatic rings. The first-order valence-electron chi connectivity index (χ1n) is 8.53. The van der Waals surface area contributed by atoms with Crippen LogP contribution in [-0.2, 0) is 6.42 Å². The van der Waals surface area contributed by atoms with Gasteiger partial charge in [0.1, 0.15) is 5.82 Å². The molecule has 0 bridgehead atoms. The van der Waals surface area contributed by atoms with Gasteiger partial charge < -0.3 is 0 Å². The van der Waals surface area contributed by atoms with Crippen LogP contribution in [0.15, 0.2) is 24.3 Å². The second-order valence-electron chi connectivity index (χ2n) is 6.25. The SMILES string of the molecule is CCCc1nc(-c2ccc([C@H](C)N3CCCCC3)cc2)n[nH]1. The van der Waals surface area contributed by atoms with E-state index in [0.717, 1.165) is 30.1 Å². The summed E-state index contributed by atoms with van der Waals surface area (Å²) in [5.74, 6) is 1.78. The number of nitrogens with zero attached hydrogens (tertiary/aromatic N) is 3. The normalized spacial score (nSPS) is 17.5. The quantitative estimate of drug-likeness (QED) is 0.908. The summed E-state index contributed by atoms with van der Waals surface area (Å²) in [5, 5.41) is 7.35. The molecule has 1 fully saturated rings. The minimum absolute atomic E-state index is 0.497. The van der Waals surface area contributed by atoms with Gasteiger partial charge in [-0.3, -0.25) is 10.00 Å². The first-order chi connectivity index (χ1) is 10.8. The molecular weight excluding hydrogens is 272 g/mol. The number of likely N-dealkylation sites (tertiary alicyclic amines) is 1. The smallest absolute Gasteiger partial charge is 0.181 e. The molecule has 1 aliphatic heterocycles. The van der Waals surface area contributed by atoms with Crippen molar-refractivity contribution in [3.8, 4) is 11.4 Å². The highest BCUT2D eigenvalue weighted by Crippen LogP contribution is 2.25. The van der Waals surface area contributed by atoms with Crippen molar-refractivity contribution in [3.63, 3.8) is 0 Å². The Hall–Kier alpha value is -1.68. The molecular formula is C18H26N4. The first kappa shape index (κ1) is 15.2. The zero-order valence-corrected chi connectivity index (χ0v) is 13.7. The molecule has 1 saturated heterocycles. The number of piperidine rings is 1. The van der Waals surface area contributed by atoms with Gasteiger partial charge in [0.05, 0.1) is 0 Å². The number of aromatic amines is 1. The standard InChI is InChI=1S/C18H26N4/c1-3-7-17-19-18(21-20-17)16-10-8-15(9-11-16)14(2)22-12-5-4-6-13-22/h8-11,14H,3-7,12-13H2,1-2H3,(H,19,20,21)/t14-/m0/s1. The van der Waals surface area contributed by atoms with Crippen molar-refractivity contribution in [2.45, 2.75) is 52.0 Å². The fourth-order valence-corrected chi connectivity index (χ4v) is 3.20. The van der Waals surface area contributed by atoms with Gasteiger partial charge >= 0.3 is 0 Å². The maximum Gasteiger partial charge on any atom is 0.181 e. The number of hydrogen-bond acceptors (Lipinski definition) is 3. The average molecular weight is 298 g/mol. The molecule has 4 nitrogen and oxygen atoms in total. The summed E-state index contributed by atoms with van der Waals surface area (Å²) < 4.78 is 0. The van der Waals surface area contributed by atoms with Gasteiger partial charge in [-0.15, -0.1) is 0 Å². The highest BCUT2D eigenvalue weighted by molar-refractivity contribution is 5.55. The summed E-state index contributed by atoms with van der Waals surface area (Å²) in [6, 6.07) is 9.25. The van der Waals surface area contributed by atoms with Gasteiger partial charge in [0.2, 0.25) is 0 Å². The van der Waals surface area contributed by atoms with Crippen molar-refractivity contribution in [2.75, 3.05) is 13.1 Å². The fraction of sp³-hybridized carbons (Fsp3) is 0.556. The van der Waals surface area contributed by atoms with E-state index in [9.17, 15) is 0 Å². The van der Waals surface area contributed by atoms with Gasteiger partial charge in [0.25, 0.3) is 0 Å². The molecule has 4 heteroatoms. The molecule has 2 heterocycles. The van der Waals surface area contributed by atoms with Crippen LogP contribution >= 0.6 is 0 Å². The van der Waals surface area contributed by atoms with E-state index in [1.165, 1.54) is 37.9 Å². The minimum atomic E-state index is 0.497. The van der Waals surface area contributed by atoms with Crippen LogP contribution in [-0.4, -0.2) is 33.2 Å². The Kier molecular flexibility index (Phi) is 4.88. The molecule has 118 valence electrons. The molecule has 0 radical (unpaired) electrons.